The van der Waals surface area contributed by atoms with Crippen LogP contribution >= 0.6 is 0 Å². The lowest BCUT2D eigenvalue weighted by Crippen LogP contribution is -2.05. The predicted octanol–water partition coefficient (Wildman–Crippen LogP) is 3.41. The van der Waals surface area contributed by atoms with E-state index in [2.05, 4.69) is 42.3 Å². The van der Waals surface area contributed by atoms with Crippen LogP contribution < -0.4 is 5.32 Å². The van der Waals surface area contributed by atoms with Gasteiger partial charge in [0.15, 0.2) is 0 Å². The Morgan fingerprint density at radius 1 is 1.29 bits per heavy atom. The van der Waals surface area contributed by atoms with Crippen LogP contribution in [0, 0.1) is 13.8 Å². The molecule has 2 aromatic rings. The molecule has 0 aliphatic carbocycles. The zero-order valence-electron chi connectivity index (χ0n) is 10.2. The molecule has 1 aliphatic rings. The number of anilines is 1. The van der Waals surface area contributed by atoms with Gasteiger partial charge in [0, 0.05) is 18.1 Å². The maximum absolute atomic E-state index is 4.19. The maximum atomic E-state index is 4.19. The molecule has 0 bridgehead atoms. The van der Waals surface area contributed by atoms with Gasteiger partial charge in [0.05, 0.1) is 6.04 Å². The fourth-order valence-corrected chi connectivity index (χ4v) is 2.65. The monoisotopic (exact) mass is 224 g/mol. The molecule has 2 heteroatoms. The van der Waals surface area contributed by atoms with Crippen LogP contribution in [-0.4, -0.2) is 4.98 Å². The third-order valence-electron chi connectivity index (χ3n) is 3.39. The number of aromatic nitrogens is 1. The highest BCUT2D eigenvalue weighted by molar-refractivity contribution is 5.63. The van der Waals surface area contributed by atoms with Crippen molar-refractivity contribution in [3.63, 3.8) is 0 Å². The summed E-state index contributed by atoms with van der Waals surface area (Å²) in [5.74, 6) is 0. The highest BCUT2D eigenvalue weighted by Gasteiger charge is 2.23. The van der Waals surface area contributed by atoms with E-state index in [1.54, 1.807) is 0 Å². The lowest BCUT2D eigenvalue weighted by atomic mass is 10.0. The number of nitrogens with one attached hydrogen (secondary N) is 1. The van der Waals surface area contributed by atoms with Crippen LogP contribution in [0.1, 0.15) is 28.3 Å². The van der Waals surface area contributed by atoms with Gasteiger partial charge < -0.3 is 5.32 Å². The van der Waals surface area contributed by atoms with Gasteiger partial charge >= 0.3 is 0 Å². The second kappa shape index (κ2) is 3.88. The molecular formula is C15H16N2. The summed E-state index contributed by atoms with van der Waals surface area (Å²) in [5, 5.41) is 3.61. The van der Waals surface area contributed by atoms with Gasteiger partial charge in [-0.1, -0.05) is 23.8 Å². The first-order valence-corrected chi connectivity index (χ1v) is 6.00. The quantitative estimate of drug-likeness (QED) is 0.803. The molecular weight excluding hydrogens is 208 g/mol. The Morgan fingerprint density at radius 3 is 2.94 bits per heavy atom. The van der Waals surface area contributed by atoms with Crippen molar-refractivity contribution in [1.29, 1.82) is 0 Å². The molecule has 3 rings (SSSR count). The molecule has 1 unspecified atom stereocenters. The lowest BCUT2D eigenvalue weighted by molar-refractivity contribution is 0.817. The SMILES string of the molecule is Cc1cc(C)c2c(c1)CC(c1cccnc1)N2. The second-order valence-electron chi connectivity index (χ2n) is 4.80. The summed E-state index contributed by atoms with van der Waals surface area (Å²) in [5.41, 5.74) is 6.68. The minimum Gasteiger partial charge on any atom is -0.377 e. The fourth-order valence-electron chi connectivity index (χ4n) is 2.65. The van der Waals surface area contributed by atoms with E-state index in [4.69, 9.17) is 0 Å². The molecule has 0 spiro atoms. The van der Waals surface area contributed by atoms with Gasteiger partial charge in [0.1, 0.15) is 0 Å². The molecule has 1 atom stereocenters. The van der Waals surface area contributed by atoms with Crippen molar-refractivity contribution in [2.24, 2.45) is 0 Å². The smallest absolute Gasteiger partial charge is 0.0570 e. The zero-order valence-corrected chi connectivity index (χ0v) is 10.2. The maximum Gasteiger partial charge on any atom is 0.0570 e. The number of fused-ring (bicyclic) bond motifs is 1. The van der Waals surface area contributed by atoms with Gasteiger partial charge in [-0.3, -0.25) is 4.98 Å². The minimum atomic E-state index is 0.374. The third kappa shape index (κ3) is 1.80. The molecule has 17 heavy (non-hydrogen) atoms. The Hall–Kier alpha value is -1.83. The van der Waals surface area contributed by atoms with Gasteiger partial charge in [0.25, 0.3) is 0 Å². The Labute approximate surface area is 102 Å². The van der Waals surface area contributed by atoms with Crippen LogP contribution in [-0.2, 0) is 6.42 Å². The van der Waals surface area contributed by atoms with Crippen molar-refractivity contribution in [2.45, 2.75) is 26.3 Å². The minimum absolute atomic E-state index is 0.374. The Bertz CT molecular complexity index is 546. The molecule has 0 saturated carbocycles. The summed E-state index contributed by atoms with van der Waals surface area (Å²) in [6.45, 7) is 4.33. The predicted molar refractivity (Wildman–Crippen MR) is 70.2 cm³/mol. The van der Waals surface area contributed by atoms with Crippen LogP contribution in [0.5, 0.6) is 0 Å². The van der Waals surface area contributed by atoms with Gasteiger partial charge in [0.2, 0.25) is 0 Å². The number of benzene rings is 1. The van der Waals surface area contributed by atoms with Gasteiger partial charge in [-0.05, 0) is 43.0 Å². The lowest BCUT2D eigenvalue weighted by Gasteiger charge is -2.11. The van der Waals surface area contributed by atoms with Crippen molar-refractivity contribution in [1.82, 2.24) is 4.98 Å². The summed E-state index contributed by atoms with van der Waals surface area (Å²) < 4.78 is 0. The highest BCUT2D eigenvalue weighted by atomic mass is 15.0. The first-order valence-electron chi connectivity index (χ1n) is 6.00. The molecule has 0 fully saturated rings. The van der Waals surface area contributed by atoms with Crippen LogP contribution in [0.3, 0.4) is 0 Å². The van der Waals surface area contributed by atoms with Crippen LogP contribution in [0.15, 0.2) is 36.7 Å². The summed E-state index contributed by atoms with van der Waals surface area (Å²) >= 11 is 0. The Morgan fingerprint density at radius 2 is 2.18 bits per heavy atom. The van der Waals surface area contributed by atoms with Crippen molar-refractivity contribution >= 4 is 5.69 Å². The van der Waals surface area contributed by atoms with Crippen molar-refractivity contribution < 1.29 is 0 Å². The molecule has 0 radical (unpaired) electrons. The molecule has 1 N–H and O–H groups in total. The summed E-state index contributed by atoms with van der Waals surface area (Å²) in [6, 6.07) is 9.03. The number of nitrogens with zero attached hydrogens (tertiary/aromatic N) is 1. The number of pyridine rings is 1. The molecule has 0 amide bonds. The fraction of sp³-hybridized carbons (Fsp3) is 0.267. The summed E-state index contributed by atoms with van der Waals surface area (Å²) in [7, 11) is 0. The van der Waals surface area contributed by atoms with E-state index in [-0.39, 0.29) is 0 Å². The summed E-state index contributed by atoms with van der Waals surface area (Å²) in [6.07, 6.45) is 4.83. The van der Waals surface area contributed by atoms with E-state index < -0.39 is 0 Å². The standard InChI is InChI=1S/C15H16N2/c1-10-6-11(2)15-13(7-10)8-14(17-15)12-4-3-5-16-9-12/h3-7,9,14,17H,8H2,1-2H3. The molecule has 2 heterocycles. The number of hydrogen-bond donors (Lipinski definition) is 1. The summed E-state index contributed by atoms with van der Waals surface area (Å²) in [4.78, 5) is 4.19. The van der Waals surface area contributed by atoms with Gasteiger partial charge in [-0.15, -0.1) is 0 Å². The second-order valence-corrected chi connectivity index (χ2v) is 4.80. The van der Waals surface area contributed by atoms with E-state index in [1.807, 2.05) is 18.5 Å². The van der Waals surface area contributed by atoms with E-state index in [0.717, 1.165) is 6.42 Å². The van der Waals surface area contributed by atoms with Crippen molar-refractivity contribution in [2.75, 3.05) is 5.32 Å². The zero-order chi connectivity index (χ0) is 11.8. The van der Waals surface area contributed by atoms with Gasteiger partial charge in [-0.25, -0.2) is 0 Å². The van der Waals surface area contributed by atoms with Crippen molar-refractivity contribution in [3.8, 4) is 0 Å². The first-order chi connectivity index (χ1) is 8.24. The number of hydrogen-bond acceptors (Lipinski definition) is 2. The number of rotatable bonds is 1. The molecule has 2 nitrogen and oxygen atoms in total. The van der Waals surface area contributed by atoms with Crippen LogP contribution in [0.4, 0.5) is 5.69 Å². The molecule has 1 aromatic carbocycles. The average Bonchev–Trinajstić information content (AvgIpc) is 2.74. The van der Waals surface area contributed by atoms with Gasteiger partial charge in [-0.2, -0.15) is 0 Å². The average molecular weight is 224 g/mol. The molecule has 1 aromatic heterocycles. The van der Waals surface area contributed by atoms with E-state index in [1.165, 1.54) is 27.9 Å². The van der Waals surface area contributed by atoms with E-state index in [0.29, 0.717) is 6.04 Å². The van der Waals surface area contributed by atoms with E-state index >= 15 is 0 Å². The number of aryl methyl sites for hydroxylation is 2. The normalized spacial score (nSPS) is 17.6. The van der Waals surface area contributed by atoms with Crippen LogP contribution in [0.2, 0.25) is 0 Å². The van der Waals surface area contributed by atoms with Crippen LogP contribution in [0.25, 0.3) is 0 Å². The Kier molecular flexibility index (Phi) is 2.36. The first kappa shape index (κ1) is 10.3. The highest BCUT2D eigenvalue weighted by Crippen LogP contribution is 2.36. The topological polar surface area (TPSA) is 24.9 Å². The largest absolute Gasteiger partial charge is 0.377 e. The van der Waals surface area contributed by atoms with E-state index in [9.17, 15) is 0 Å². The third-order valence-corrected chi connectivity index (χ3v) is 3.39. The molecule has 0 saturated heterocycles. The van der Waals surface area contributed by atoms with Crippen molar-refractivity contribution in [3.05, 3.63) is 58.9 Å². The Balaban J connectivity index is 1.96. The molecule has 1 aliphatic heterocycles. The molecule has 86 valence electrons.